The predicted octanol–water partition coefficient (Wildman–Crippen LogP) is 4.11. The second-order valence-electron chi connectivity index (χ2n) is 8.69. The summed E-state index contributed by atoms with van der Waals surface area (Å²) in [6.45, 7) is 7.30. The van der Waals surface area contributed by atoms with E-state index in [4.69, 9.17) is 4.74 Å². The number of fused-ring (bicyclic) bond motifs is 1. The molecule has 1 aromatic heterocycles. The van der Waals surface area contributed by atoms with Crippen LogP contribution >= 0.6 is 11.8 Å². The second kappa shape index (κ2) is 11.0. The molecule has 1 aliphatic rings. The second-order valence-corrected chi connectivity index (χ2v) is 9.63. The van der Waals surface area contributed by atoms with Crippen LogP contribution in [0.4, 0.5) is 0 Å². The van der Waals surface area contributed by atoms with Gasteiger partial charge in [-0.2, -0.15) is 0 Å². The smallest absolute Gasteiger partial charge is 0.337 e. The third kappa shape index (κ3) is 5.52. The summed E-state index contributed by atoms with van der Waals surface area (Å²) in [6.07, 6.45) is 5.71. The first-order valence-electron chi connectivity index (χ1n) is 11.4. The first kappa shape index (κ1) is 24.3. The Kier molecular flexibility index (Phi) is 8.34. The van der Waals surface area contributed by atoms with Crippen molar-refractivity contribution in [2.45, 2.75) is 70.6 Å². The van der Waals surface area contributed by atoms with Crippen LogP contribution in [0.3, 0.4) is 0 Å². The number of carbonyl (C=O) groups excluding carboxylic acids is 2. The molecule has 0 unspecified atom stereocenters. The van der Waals surface area contributed by atoms with E-state index in [1.165, 1.54) is 38.1 Å². The van der Waals surface area contributed by atoms with Gasteiger partial charge in [-0.25, -0.2) is 9.78 Å². The van der Waals surface area contributed by atoms with Crippen molar-refractivity contribution in [3.63, 3.8) is 0 Å². The van der Waals surface area contributed by atoms with Crippen LogP contribution in [0.2, 0.25) is 0 Å². The number of methoxy groups -OCH3 is 1. The summed E-state index contributed by atoms with van der Waals surface area (Å²) in [4.78, 5) is 44.8. The first-order valence-corrected chi connectivity index (χ1v) is 12.4. The molecule has 1 fully saturated rings. The van der Waals surface area contributed by atoms with Crippen molar-refractivity contribution in [1.82, 2.24) is 14.5 Å². The van der Waals surface area contributed by atoms with Crippen LogP contribution in [-0.4, -0.2) is 51.8 Å². The van der Waals surface area contributed by atoms with Crippen molar-refractivity contribution in [3.05, 3.63) is 34.1 Å². The number of hydrogen-bond donors (Lipinski definition) is 0. The number of hydrogen-bond acceptors (Lipinski definition) is 6. The van der Waals surface area contributed by atoms with E-state index in [2.05, 4.69) is 4.98 Å². The fourth-order valence-electron chi connectivity index (χ4n) is 4.32. The number of benzene rings is 1. The summed E-state index contributed by atoms with van der Waals surface area (Å²) in [5, 5.41) is 0.956. The van der Waals surface area contributed by atoms with Gasteiger partial charge in [0.2, 0.25) is 5.91 Å². The Labute approximate surface area is 193 Å². The Hall–Kier alpha value is -2.35. The number of rotatable bonds is 8. The monoisotopic (exact) mass is 459 g/mol. The Balaban J connectivity index is 1.91. The van der Waals surface area contributed by atoms with Crippen LogP contribution in [-0.2, 0) is 16.1 Å². The van der Waals surface area contributed by atoms with Gasteiger partial charge < -0.3 is 9.64 Å². The quantitative estimate of drug-likeness (QED) is 0.336. The molecule has 1 aliphatic carbocycles. The summed E-state index contributed by atoms with van der Waals surface area (Å²) in [5.41, 5.74) is 0.622. The highest BCUT2D eigenvalue weighted by molar-refractivity contribution is 7.99. The van der Waals surface area contributed by atoms with Crippen LogP contribution in [0.1, 0.15) is 63.2 Å². The summed E-state index contributed by atoms with van der Waals surface area (Å²) in [5.74, 6) is 0.0799. The zero-order chi connectivity index (χ0) is 23.3. The van der Waals surface area contributed by atoms with E-state index in [1.807, 2.05) is 25.7 Å². The van der Waals surface area contributed by atoms with Gasteiger partial charge in [0.1, 0.15) is 0 Å². The Morgan fingerprint density at radius 1 is 1.25 bits per heavy atom. The molecule has 8 heteroatoms. The molecule has 0 radical (unpaired) electrons. The van der Waals surface area contributed by atoms with Gasteiger partial charge in [-0.05, 0) is 43.9 Å². The zero-order valence-electron chi connectivity index (χ0n) is 19.4. The van der Waals surface area contributed by atoms with E-state index >= 15 is 0 Å². The van der Waals surface area contributed by atoms with E-state index in [-0.39, 0.29) is 23.1 Å². The van der Waals surface area contributed by atoms with Gasteiger partial charge in [-0.1, -0.05) is 44.9 Å². The lowest BCUT2D eigenvalue weighted by Gasteiger charge is -2.33. The van der Waals surface area contributed by atoms with Gasteiger partial charge >= 0.3 is 5.97 Å². The summed E-state index contributed by atoms with van der Waals surface area (Å²) in [6, 6.07) is 5.09. The molecular formula is C24H33N3O4S. The number of esters is 1. The number of aromatic nitrogens is 2. The van der Waals surface area contributed by atoms with Gasteiger partial charge in [0.25, 0.3) is 5.56 Å². The highest BCUT2D eigenvalue weighted by Gasteiger charge is 2.25. The maximum atomic E-state index is 13.2. The maximum Gasteiger partial charge on any atom is 0.337 e. The SMILES string of the molecule is CCN(C(=O)CSc1nc2cc(C(=O)OC)ccc2c(=O)n1CC(C)C)C1CCCCC1. The van der Waals surface area contributed by atoms with Crippen molar-refractivity contribution in [2.24, 2.45) is 5.92 Å². The molecule has 0 bridgehead atoms. The van der Waals surface area contributed by atoms with Crippen LogP contribution in [0.25, 0.3) is 10.9 Å². The highest BCUT2D eigenvalue weighted by Crippen LogP contribution is 2.25. The zero-order valence-corrected chi connectivity index (χ0v) is 20.2. The number of carbonyl (C=O) groups is 2. The van der Waals surface area contributed by atoms with Crippen molar-refractivity contribution in [1.29, 1.82) is 0 Å². The van der Waals surface area contributed by atoms with Crippen LogP contribution < -0.4 is 5.56 Å². The first-order chi connectivity index (χ1) is 15.3. The third-order valence-corrected chi connectivity index (χ3v) is 6.85. The molecule has 3 rings (SSSR count). The van der Waals surface area contributed by atoms with E-state index < -0.39 is 5.97 Å². The van der Waals surface area contributed by atoms with Crippen molar-refractivity contribution < 1.29 is 14.3 Å². The Morgan fingerprint density at radius 3 is 2.59 bits per heavy atom. The molecule has 1 saturated carbocycles. The van der Waals surface area contributed by atoms with Crippen LogP contribution in [0.15, 0.2) is 28.2 Å². The number of ether oxygens (including phenoxy) is 1. The molecule has 174 valence electrons. The fourth-order valence-corrected chi connectivity index (χ4v) is 5.22. The summed E-state index contributed by atoms with van der Waals surface area (Å²) in [7, 11) is 1.32. The molecule has 0 saturated heterocycles. The van der Waals surface area contributed by atoms with Gasteiger partial charge in [-0.3, -0.25) is 14.2 Å². The molecule has 2 aromatic rings. The lowest BCUT2D eigenvalue weighted by Crippen LogP contribution is -2.42. The average molecular weight is 460 g/mol. The number of thioether (sulfide) groups is 1. The van der Waals surface area contributed by atoms with Crippen molar-refractivity contribution in [3.8, 4) is 0 Å². The molecule has 1 aromatic carbocycles. The van der Waals surface area contributed by atoms with Gasteiger partial charge in [0, 0.05) is 19.1 Å². The fraction of sp³-hybridized carbons (Fsp3) is 0.583. The molecule has 0 spiro atoms. The third-order valence-electron chi connectivity index (χ3n) is 5.89. The lowest BCUT2D eigenvalue weighted by molar-refractivity contribution is -0.131. The molecule has 1 heterocycles. The number of nitrogens with zero attached hydrogens (tertiary/aromatic N) is 3. The normalized spacial score (nSPS) is 14.7. The van der Waals surface area contributed by atoms with E-state index in [0.717, 1.165) is 12.8 Å². The van der Waals surface area contributed by atoms with Crippen LogP contribution in [0.5, 0.6) is 0 Å². The van der Waals surface area contributed by atoms with Gasteiger partial charge in [-0.15, -0.1) is 0 Å². The van der Waals surface area contributed by atoms with Gasteiger partial charge in [0.15, 0.2) is 5.16 Å². The maximum absolute atomic E-state index is 13.2. The molecular weight excluding hydrogens is 426 g/mol. The minimum atomic E-state index is -0.476. The highest BCUT2D eigenvalue weighted by atomic mass is 32.2. The largest absolute Gasteiger partial charge is 0.465 e. The summed E-state index contributed by atoms with van der Waals surface area (Å²) >= 11 is 1.30. The summed E-state index contributed by atoms with van der Waals surface area (Å²) < 4.78 is 6.44. The van der Waals surface area contributed by atoms with E-state index in [0.29, 0.717) is 40.8 Å². The lowest BCUT2D eigenvalue weighted by atomic mass is 9.94. The minimum absolute atomic E-state index is 0.0816. The average Bonchev–Trinajstić information content (AvgIpc) is 2.79. The van der Waals surface area contributed by atoms with Crippen LogP contribution in [0, 0.1) is 5.92 Å². The molecule has 0 aliphatic heterocycles. The Bertz CT molecular complexity index is 1030. The topological polar surface area (TPSA) is 81.5 Å². The standard InChI is InChI=1S/C24H33N3O4S/c1-5-26(18-9-7-6-8-10-18)21(28)15-32-24-25-20-13-17(23(30)31-4)11-12-19(20)22(29)27(24)14-16(2)3/h11-13,16,18H,5-10,14-15H2,1-4H3. The van der Waals surface area contributed by atoms with Gasteiger partial charge in [0.05, 0.1) is 29.3 Å². The Morgan fingerprint density at radius 2 is 1.97 bits per heavy atom. The molecule has 0 N–H and O–H groups in total. The number of amides is 1. The van der Waals surface area contributed by atoms with E-state index in [1.54, 1.807) is 22.8 Å². The van der Waals surface area contributed by atoms with Crippen molar-refractivity contribution in [2.75, 3.05) is 19.4 Å². The molecule has 0 atom stereocenters. The molecule has 32 heavy (non-hydrogen) atoms. The van der Waals surface area contributed by atoms with Crippen molar-refractivity contribution >= 4 is 34.5 Å². The predicted molar refractivity (Wildman–Crippen MR) is 127 cm³/mol. The molecule has 1 amide bonds. The van der Waals surface area contributed by atoms with E-state index in [9.17, 15) is 14.4 Å². The molecule has 7 nitrogen and oxygen atoms in total. The minimum Gasteiger partial charge on any atom is -0.465 e.